The highest BCUT2D eigenvalue weighted by molar-refractivity contribution is 7.80. The average molecular weight is 1620 g/mol. The molecule has 0 aliphatic carbocycles. The van der Waals surface area contributed by atoms with Crippen LogP contribution in [-0.2, 0) is 101 Å². The monoisotopic (exact) mass is 1620 g/mol. The number of carbonyl (C=O) groups is 17. The number of aromatic amines is 1. The van der Waals surface area contributed by atoms with Crippen LogP contribution in [0, 0.1) is 11.8 Å². The summed E-state index contributed by atoms with van der Waals surface area (Å²) >= 11 is 8.40. The lowest BCUT2D eigenvalue weighted by Crippen LogP contribution is -2.61. The molecule has 3 aromatic carbocycles. The van der Waals surface area contributed by atoms with E-state index < -0.39 is 243 Å². The molecule has 1 fully saturated rings. The van der Waals surface area contributed by atoms with E-state index in [0.29, 0.717) is 23.1 Å². The summed E-state index contributed by atoms with van der Waals surface area (Å²) in [5, 5.41) is 90.6. The maximum Gasteiger partial charge on any atom is 0.326 e. The first-order valence-electron chi connectivity index (χ1n) is 35.9. The number of carboxylic acid groups (broad SMARTS) is 3. The van der Waals surface area contributed by atoms with Crippen molar-refractivity contribution in [2.45, 2.75) is 165 Å². The highest BCUT2D eigenvalue weighted by atomic mass is 32.1. The first-order chi connectivity index (χ1) is 53.4. The molecule has 2 heterocycles. The van der Waals surface area contributed by atoms with E-state index >= 15 is 0 Å². The number of aromatic nitrogens is 1. The van der Waals surface area contributed by atoms with E-state index in [9.17, 15) is 112 Å². The molecular formula is C72H98N16O23S2. The lowest BCUT2D eigenvalue weighted by molar-refractivity contribution is -0.144. The fourth-order valence-electron chi connectivity index (χ4n) is 11.5. The second-order valence-electron chi connectivity index (χ2n) is 27.3. The number of thiol groups is 2. The number of nitrogens with one attached hydrogen (secondary N) is 14. The highest BCUT2D eigenvalue weighted by Crippen LogP contribution is 2.24. The van der Waals surface area contributed by atoms with Gasteiger partial charge in [-0.2, -0.15) is 25.3 Å². The zero-order valence-corrected chi connectivity index (χ0v) is 64.2. The molecule has 41 heteroatoms. The smallest absolute Gasteiger partial charge is 0.326 e. The third-order valence-corrected chi connectivity index (χ3v) is 18.5. The number of hydrogen-bond donors (Lipinski definition) is 23. The normalized spacial score (nSPS) is 15.4. The minimum atomic E-state index is -1.74. The fourth-order valence-corrected chi connectivity index (χ4v) is 12.1. The quantitative estimate of drug-likeness (QED) is 0.0185. The van der Waals surface area contributed by atoms with Gasteiger partial charge in [0, 0.05) is 67.3 Å². The molecule has 0 unspecified atom stereocenters. The van der Waals surface area contributed by atoms with Crippen molar-refractivity contribution >= 4 is 137 Å². The van der Waals surface area contributed by atoms with Gasteiger partial charge in [0.25, 0.3) is 0 Å². The molecule has 616 valence electrons. The van der Waals surface area contributed by atoms with Gasteiger partial charge < -0.3 is 115 Å². The molecule has 14 amide bonds. The van der Waals surface area contributed by atoms with Gasteiger partial charge in [-0.25, -0.2) is 4.79 Å². The summed E-state index contributed by atoms with van der Waals surface area (Å²) < 4.78 is 0. The molecule has 0 bridgehead atoms. The lowest BCUT2D eigenvalue weighted by atomic mass is 10.0. The largest absolute Gasteiger partial charge is 0.508 e. The van der Waals surface area contributed by atoms with Gasteiger partial charge in [-0.05, 0) is 91.5 Å². The van der Waals surface area contributed by atoms with Gasteiger partial charge in [-0.3, -0.25) is 76.7 Å². The molecular weight excluding hydrogens is 1520 g/mol. The number of carbonyl (C=O) groups excluding carboxylic acids is 14. The minimum absolute atomic E-state index is 0.0495. The number of nitrogens with zero attached hydrogens (tertiary/aromatic N) is 1. The first kappa shape index (κ1) is 92.0. The molecule has 0 radical (unpaired) electrons. The number of hydrogen-bond acceptors (Lipinski definition) is 23. The number of aliphatic carboxylic acids is 3. The minimum Gasteiger partial charge on any atom is -0.508 e. The summed E-state index contributed by atoms with van der Waals surface area (Å²) in [5.74, 6) is -20.2. The van der Waals surface area contributed by atoms with Gasteiger partial charge in [0.2, 0.25) is 82.7 Å². The van der Waals surface area contributed by atoms with Gasteiger partial charge in [0.1, 0.15) is 78.0 Å². The molecule has 1 saturated heterocycles. The van der Waals surface area contributed by atoms with Crippen LogP contribution in [0.1, 0.15) is 89.8 Å². The average Bonchev–Trinajstić information content (AvgIpc) is 1.67. The Bertz CT molecular complexity index is 4070. The number of carboxylic acids is 3. The molecule has 1 aliphatic rings. The van der Waals surface area contributed by atoms with Crippen molar-refractivity contribution in [1.29, 1.82) is 0 Å². The number of fused-ring (bicyclic) bond motifs is 1. The predicted octanol–water partition coefficient (Wildman–Crippen LogP) is -4.88. The van der Waals surface area contributed by atoms with Crippen molar-refractivity contribution in [3.8, 4) is 11.5 Å². The van der Waals surface area contributed by atoms with Gasteiger partial charge in [-0.1, -0.05) is 70.2 Å². The number of rotatable bonds is 45. The Kier molecular flexibility index (Phi) is 36.7. The summed E-state index contributed by atoms with van der Waals surface area (Å²) in [6, 6.07) is 0.205. The van der Waals surface area contributed by atoms with Crippen LogP contribution in [0.5, 0.6) is 11.5 Å². The highest BCUT2D eigenvalue weighted by Gasteiger charge is 2.41. The molecule has 22 N–H and O–H groups in total. The predicted molar refractivity (Wildman–Crippen MR) is 408 cm³/mol. The standard InChI is InChI=1S/C72H98N16O23S2/c1-35(2)59(70(108)79-46(21-23-58(97)98)64(102)85-52(34-113)67(105)81-48(26-39-14-18-42(91)19-15-39)65(103)83-50(32-89)66(104)87-60(36(3)4)72(110)111)86-56(94)30-75-54(92)29-76-62(100)47(25-38-12-16-41(90)17-13-38)80-63(101)45(20-22-57(95)96)78-55(93)31-77-69(107)53-11-8-24-88(53)71(109)49(27-40-28-74-44-10-7-6-9-43(40)44)82-68(106)51(33-112)84-61(99)37(5)73/h6-7,9-10,12-19,28,35-37,45-53,59-60,74,89-91,112-113H,8,11,20-27,29-34,73H2,1-5H3,(H,75,92)(H,76,100)(H,77,107)(H,78,93)(H,79,108)(H,80,101)(H,81,105)(H,82,106)(H,83,103)(H,84,99)(H,85,102)(H,86,94)(H,87,104)(H,95,96)(H,97,98)(H,110,111)/t37-,45-,46-,47-,48-,49-,50-,51-,52-,53-,59-,60-/m0/s1. The Balaban J connectivity index is 1.22. The first-order valence-corrected chi connectivity index (χ1v) is 37.2. The Labute approximate surface area is 658 Å². The van der Waals surface area contributed by atoms with Crippen molar-refractivity contribution in [2.75, 3.05) is 44.3 Å². The molecule has 0 spiro atoms. The summed E-state index contributed by atoms with van der Waals surface area (Å²) in [5.41, 5.74) is 7.75. The van der Waals surface area contributed by atoms with Crippen molar-refractivity contribution in [3.63, 3.8) is 0 Å². The Morgan fingerprint density at radius 2 is 0.920 bits per heavy atom. The maximum absolute atomic E-state index is 14.5. The molecule has 12 atom stereocenters. The third kappa shape index (κ3) is 29.5. The Morgan fingerprint density at radius 1 is 0.478 bits per heavy atom. The fraction of sp³-hybridized carbons (Fsp3) is 0.486. The third-order valence-electron chi connectivity index (χ3n) is 17.8. The number of phenolic OH excluding ortho intramolecular Hbond substituents is 2. The lowest BCUT2D eigenvalue weighted by Gasteiger charge is -2.30. The van der Waals surface area contributed by atoms with Crippen molar-refractivity contribution in [2.24, 2.45) is 17.6 Å². The summed E-state index contributed by atoms with van der Waals surface area (Å²) in [4.78, 5) is 232. The van der Waals surface area contributed by atoms with Gasteiger partial charge >= 0.3 is 17.9 Å². The summed E-state index contributed by atoms with van der Waals surface area (Å²) in [7, 11) is 0. The van der Waals surface area contributed by atoms with Gasteiger partial charge in [-0.15, -0.1) is 0 Å². The molecule has 39 nitrogen and oxygen atoms in total. The molecule has 1 aliphatic heterocycles. The number of H-pyrrole nitrogens is 1. The van der Waals surface area contributed by atoms with E-state index in [1.165, 1.54) is 88.0 Å². The topological polar surface area (TPSA) is 613 Å². The van der Waals surface area contributed by atoms with Crippen LogP contribution in [0.3, 0.4) is 0 Å². The zero-order chi connectivity index (χ0) is 83.9. The summed E-state index contributed by atoms with van der Waals surface area (Å²) in [6.45, 7) is 3.85. The molecule has 0 saturated carbocycles. The summed E-state index contributed by atoms with van der Waals surface area (Å²) in [6.07, 6.45) is -1.24. The molecule has 113 heavy (non-hydrogen) atoms. The second kappa shape index (κ2) is 45.1. The number of aromatic hydroxyl groups is 2. The SMILES string of the molecule is CC(C)[C@H](NC(=O)[C@H](CO)NC(=O)[C@H](Cc1ccc(O)cc1)NC(=O)[C@H](CS)NC(=O)[C@H](CCC(=O)O)NC(=O)[C@@H](NC(=O)CNC(=O)CNC(=O)[C@H](Cc1ccc(O)cc1)NC(=O)[C@H](CCC(=O)O)NC(=O)CNC(=O)[C@@H]1CCCN1C(=O)[C@H](Cc1c[nH]c2ccccc12)NC(=O)[C@H](CS)NC(=O)[C@H](C)N)C(C)C)C(=O)O. The van der Waals surface area contributed by atoms with Crippen LogP contribution in [0.2, 0.25) is 0 Å². The zero-order valence-electron chi connectivity index (χ0n) is 62.4. The molecule has 4 aromatic rings. The number of aliphatic hydroxyl groups is 1. The Morgan fingerprint density at radius 3 is 1.43 bits per heavy atom. The van der Waals surface area contributed by atoms with E-state index in [4.69, 9.17) is 5.73 Å². The number of para-hydroxylation sites is 1. The second-order valence-corrected chi connectivity index (χ2v) is 28.0. The van der Waals surface area contributed by atoms with E-state index in [1.54, 1.807) is 24.4 Å². The van der Waals surface area contributed by atoms with E-state index in [-0.39, 0.29) is 49.5 Å². The van der Waals surface area contributed by atoms with Crippen molar-refractivity contribution < 1.29 is 112 Å². The van der Waals surface area contributed by atoms with Crippen LogP contribution >= 0.6 is 25.3 Å². The maximum atomic E-state index is 14.5. The number of likely N-dealkylation sites (tertiary alicyclic amines) is 1. The van der Waals surface area contributed by atoms with Gasteiger partial charge in [0.15, 0.2) is 0 Å². The van der Waals surface area contributed by atoms with E-state index in [2.05, 4.69) is 99.4 Å². The Hall–Kier alpha value is -11.6. The van der Waals surface area contributed by atoms with E-state index in [1.807, 2.05) is 6.07 Å². The number of phenols is 2. The van der Waals surface area contributed by atoms with Crippen LogP contribution in [0.4, 0.5) is 0 Å². The molecule has 5 rings (SSSR count). The van der Waals surface area contributed by atoms with Crippen molar-refractivity contribution in [3.05, 3.63) is 95.7 Å². The van der Waals surface area contributed by atoms with E-state index in [0.717, 1.165) is 10.9 Å². The van der Waals surface area contributed by atoms with Gasteiger partial charge in [0.05, 0.1) is 32.3 Å². The number of aliphatic hydroxyl groups excluding tert-OH is 1. The van der Waals surface area contributed by atoms with Crippen molar-refractivity contribution in [1.82, 2.24) is 79.0 Å². The number of benzene rings is 3. The van der Waals surface area contributed by atoms with Crippen LogP contribution in [0.15, 0.2) is 79.0 Å². The molecule has 1 aromatic heterocycles. The number of amides is 14. The van der Waals surface area contributed by atoms with Crippen LogP contribution in [0.25, 0.3) is 10.9 Å². The van der Waals surface area contributed by atoms with Crippen LogP contribution < -0.4 is 74.9 Å². The van der Waals surface area contributed by atoms with Crippen LogP contribution in [-0.4, -0.2) is 258 Å². The number of nitrogens with two attached hydrogens (primary N) is 1.